The third-order valence-corrected chi connectivity index (χ3v) is 7.53. The van der Waals surface area contributed by atoms with Crippen LogP contribution in [0.25, 0.3) is 0 Å². The predicted molar refractivity (Wildman–Crippen MR) is 86.6 cm³/mol. The Hall–Kier alpha value is 0.0500. The zero-order chi connectivity index (χ0) is 14.8. The monoisotopic (exact) mass is 380 g/mol. The van der Waals surface area contributed by atoms with Crippen LogP contribution in [-0.2, 0) is 16.6 Å². The molecule has 7 heteroatoms. The molecule has 0 unspecified atom stereocenters. The van der Waals surface area contributed by atoms with Crippen molar-refractivity contribution in [2.45, 2.75) is 50.1 Å². The average Bonchev–Trinajstić information content (AvgIpc) is 3.14. The Morgan fingerprint density at radius 1 is 1.50 bits per heavy atom. The van der Waals surface area contributed by atoms with E-state index in [-0.39, 0.29) is 6.04 Å². The van der Waals surface area contributed by atoms with Crippen LogP contribution in [0.4, 0.5) is 0 Å². The minimum atomic E-state index is -3.37. The Morgan fingerprint density at radius 3 is 2.75 bits per heavy atom. The van der Waals surface area contributed by atoms with Gasteiger partial charge in [-0.1, -0.05) is 13.3 Å². The van der Waals surface area contributed by atoms with Crippen LogP contribution in [0.2, 0.25) is 0 Å². The highest BCUT2D eigenvalue weighted by Crippen LogP contribution is 2.38. The zero-order valence-electron chi connectivity index (χ0n) is 11.9. The SMILES string of the molecule is CCCCN(C1CC1)S(=O)(=O)c1cc(CNC)sc1Br. The minimum absolute atomic E-state index is 0.214. The molecule has 20 heavy (non-hydrogen) atoms. The molecule has 2 rings (SSSR count). The van der Waals surface area contributed by atoms with Crippen LogP contribution in [0.5, 0.6) is 0 Å². The van der Waals surface area contributed by atoms with Crippen molar-refractivity contribution in [2.24, 2.45) is 0 Å². The number of rotatable bonds is 8. The van der Waals surface area contributed by atoms with Gasteiger partial charge in [-0.3, -0.25) is 0 Å². The van der Waals surface area contributed by atoms with E-state index in [0.29, 0.717) is 21.8 Å². The number of unbranched alkanes of at least 4 members (excludes halogenated alkanes) is 1. The first kappa shape index (κ1) is 16.4. The summed E-state index contributed by atoms with van der Waals surface area (Å²) < 4.78 is 28.1. The lowest BCUT2D eigenvalue weighted by Crippen LogP contribution is -2.34. The van der Waals surface area contributed by atoms with Gasteiger partial charge in [-0.25, -0.2) is 8.42 Å². The highest BCUT2D eigenvalue weighted by atomic mass is 79.9. The van der Waals surface area contributed by atoms with Crippen molar-refractivity contribution in [3.05, 3.63) is 14.7 Å². The first-order chi connectivity index (χ1) is 9.50. The molecular weight excluding hydrogens is 360 g/mol. The summed E-state index contributed by atoms with van der Waals surface area (Å²) in [4.78, 5) is 1.46. The van der Waals surface area contributed by atoms with Gasteiger partial charge in [0.1, 0.15) is 4.90 Å². The number of thiophene rings is 1. The highest BCUT2D eigenvalue weighted by molar-refractivity contribution is 9.11. The smallest absolute Gasteiger partial charge is 0.245 e. The van der Waals surface area contributed by atoms with Crippen molar-refractivity contribution in [3.63, 3.8) is 0 Å². The third-order valence-electron chi connectivity index (χ3n) is 3.33. The van der Waals surface area contributed by atoms with Gasteiger partial charge in [-0.05, 0) is 48.3 Å². The summed E-state index contributed by atoms with van der Waals surface area (Å²) in [6.45, 7) is 3.41. The summed E-state index contributed by atoms with van der Waals surface area (Å²) in [6, 6.07) is 2.01. The van der Waals surface area contributed by atoms with E-state index in [1.165, 1.54) is 11.3 Å². The van der Waals surface area contributed by atoms with Gasteiger partial charge in [0.05, 0.1) is 3.79 Å². The van der Waals surface area contributed by atoms with Crippen LogP contribution in [0.1, 0.15) is 37.5 Å². The van der Waals surface area contributed by atoms with E-state index < -0.39 is 10.0 Å². The predicted octanol–water partition coefficient (Wildman–Crippen LogP) is 3.18. The van der Waals surface area contributed by atoms with Gasteiger partial charge in [-0.15, -0.1) is 11.3 Å². The Labute approximate surface area is 133 Å². The molecule has 114 valence electrons. The van der Waals surface area contributed by atoms with Crippen LogP contribution in [0, 0.1) is 0 Å². The standard InChI is InChI=1S/C13H21BrN2O2S2/c1-3-4-7-16(10-5-6-10)20(17,18)12-8-11(9-15-2)19-13(12)14/h8,10,15H,3-7,9H2,1-2H3. The molecule has 0 bridgehead atoms. The van der Waals surface area contributed by atoms with Crippen LogP contribution in [-0.4, -0.2) is 32.4 Å². The fourth-order valence-corrected chi connectivity index (χ4v) is 6.51. The molecule has 1 N–H and O–H groups in total. The first-order valence-electron chi connectivity index (χ1n) is 6.95. The van der Waals surface area contributed by atoms with Crippen LogP contribution >= 0.6 is 27.3 Å². The maximum Gasteiger partial charge on any atom is 0.245 e. The van der Waals surface area contributed by atoms with E-state index in [1.54, 1.807) is 10.4 Å². The molecule has 1 heterocycles. The molecule has 1 aromatic heterocycles. The van der Waals surface area contributed by atoms with Crippen molar-refractivity contribution in [2.75, 3.05) is 13.6 Å². The second-order valence-electron chi connectivity index (χ2n) is 5.08. The molecule has 0 spiro atoms. The fraction of sp³-hybridized carbons (Fsp3) is 0.692. The lowest BCUT2D eigenvalue weighted by molar-refractivity contribution is 0.395. The molecule has 1 fully saturated rings. The van der Waals surface area contributed by atoms with Gasteiger partial charge in [0, 0.05) is 24.0 Å². The molecular formula is C13H21BrN2O2S2. The Balaban J connectivity index is 2.27. The van der Waals surface area contributed by atoms with E-state index in [0.717, 1.165) is 30.6 Å². The molecule has 0 radical (unpaired) electrons. The van der Waals surface area contributed by atoms with E-state index >= 15 is 0 Å². The van der Waals surface area contributed by atoms with Crippen LogP contribution in [0.3, 0.4) is 0 Å². The van der Waals surface area contributed by atoms with Crippen molar-refractivity contribution >= 4 is 37.3 Å². The summed E-state index contributed by atoms with van der Waals surface area (Å²) >= 11 is 4.90. The van der Waals surface area contributed by atoms with Gasteiger partial charge in [-0.2, -0.15) is 4.31 Å². The average molecular weight is 381 g/mol. The van der Waals surface area contributed by atoms with Gasteiger partial charge in [0.2, 0.25) is 10.0 Å². The normalized spacial score (nSPS) is 16.0. The number of hydrogen-bond donors (Lipinski definition) is 1. The highest BCUT2D eigenvalue weighted by Gasteiger charge is 2.38. The maximum atomic E-state index is 12.8. The van der Waals surface area contributed by atoms with Crippen molar-refractivity contribution in [3.8, 4) is 0 Å². The first-order valence-corrected chi connectivity index (χ1v) is 10.00. The summed E-state index contributed by atoms with van der Waals surface area (Å²) in [5.41, 5.74) is 0. The molecule has 0 saturated heterocycles. The van der Waals surface area contributed by atoms with Gasteiger partial charge in [0.25, 0.3) is 0 Å². The summed E-state index contributed by atoms with van der Waals surface area (Å²) in [5, 5.41) is 3.06. The van der Waals surface area contributed by atoms with Gasteiger partial charge >= 0.3 is 0 Å². The quantitative estimate of drug-likeness (QED) is 0.753. The number of sulfonamides is 1. The second kappa shape index (κ2) is 6.87. The topological polar surface area (TPSA) is 49.4 Å². The molecule has 1 saturated carbocycles. The van der Waals surface area contributed by atoms with Gasteiger partial charge < -0.3 is 5.32 Å². The number of nitrogens with zero attached hydrogens (tertiary/aromatic N) is 1. The lowest BCUT2D eigenvalue weighted by Gasteiger charge is -2.21. The molecule has 1 aliphatic carbocycles. The minimum Gasteiger partial charge on any atom is -0.315 e. The van der Waals surface area contributed by atoms with Crippen LogP contribution < -0.4 is 5.32 Å². The zero-order valence-corrected chi connectivity index (χ0v) is 15.1. The second-order valence-corrected chi connectivity index (χ2v) is 9.40. The Bertz CT molecular complexity index is 553. The van der Waals surface area contributed by atoms with Crippen molar-refractivity contribution in [1.82, 2.24) is 9.62 Å². The summed E-state index contributed by atoms with van der Waals surface area (Å²) in [5.74, 6) is 0. The van der Waals surface area contributed by atoms with E-state index in [4.69, 9.17) is 0 Å². The van der Waals surface area contributed by atoms with E-state index in [2.05, 4.69) is 28.2 Å². The van der Waals surface area contributed by atoms with Crippen molar-refractivity contribution < 1.29 is 8.42 Å². The summed E-state index contributed by atoms with van der Waals surface area (Å²) in [7, 11) is -1.51. The van der Waals surface area contributed by atoms with E-state index in [9.17, 15) is 8.42 Å². The lowest BCUT2D eigenvalue weighted by atomic mass is 10.3. The van der Waals surface area contributed by atoms with E-state index in [1.807, 2.05) is 7.05 Å². The Morgan fingerprint density at radius 2 is 2.20 bits per heavy atom. The number of nitrogens with one attached hydrogen (secondary N) is 1. The maximum absolute atomic E-state index is 12.8. The number of hydrogen-bond acceptors (Lipinski definition) is 4. The molecule has 0 atom stereocenters. The van der Waals surface area contributed by atoms with Crippen LogP contribution in [0.15, 0.2) is 14.7 Å². The molecule has 1 aromatic rings. The largest absolute Gasteiger partial charge is 0.315 e. The van der Waals surface area contributed by atoms with Gasteiger partial charge in [0.15, 0.2) is 0 Å². The summed E-state index contributed by atoms with van der Waals surface area (Å²) in [6.07, 6.45) is 3.91. The fourth-order valence-electron chi connectivity index (χ4n) is 2.14. The van der Waals surface area contributed by atoms with Crippen molar-refractivity contribution in [1.29, 1.82) is 0 Å². The third kappa shape index (κ3) is 3.62. The molecule has 4 nitrogen and oxygen atoms in total. The molecule has 0 amide bonds. The molecule has 0 aliphatic heterocycles. The number of halogens is 1. The molecule has 0 aromatic carbocycles. The molecule has 1 aliphatic rings. The Kier molecular flexibility index (Phi) is 5.64.